The number of halogens is 3. The Bertz CT molecular complexity index is 1570. The van der Waals surface area contributed by atoms with Gasteiger partial charge in [0.15, 0.2) is 0 Å². The molecule has 0 saturated carbocycles. The standard InChI is InChI=1S/C34H39N5O3.3ClH/c1-5-39-30-17-15-25(22-31(30)38(4)32(40)34(2,3)33(39)41)42-21-9-20-37-29(16-14-24-10-7-18-35-23-24)26-11-6-13-28-27(26)12-8-19-36-28;;;/h6-8,10-13,15,17-19,22-23,29,37H,5,9,14,16,20-21H2,1-4H3;3*1H. The van der Waals surface area contributed by atoms with Crippen LogP contribution >= 0.6 is 37.2 Å². The fourth-order valence-electron chi connectivity index (χ4n) is 5.66. The molecule has 1 aliphatic rings. The third-order valence-corrected chi connectivity index (χ3v) is 8.01. The minimum atomic E-state index is -1.13. The monoisotopic (exact) mass is 673 g/mol. The lowest BCUT2D eigenvalue weighted by atomic mass is 9.90. The molecular formula is C34H42Cl3N5O3. The highest BCUT2D eigenvalue weighted by Gasteiger charge is 2.45. The lowest BCUT2D eigenvalue weighted by Crippen LogP contribution is -2.47. The van der Waals surface area contributed by atoms with Crippen LogP contribution in [0.15, 0.2) is 79.3 Å². The number of anilines is 2. The molecule has 0 radical (unpaired) electrons. The van der Waals surface area contributed by atoms with Crippen molar-refractivity contribution in [2.75, 3.05) is 36.5 Å². The van der Waals surface area contributed by atoms with Crippen molar-refractivity contribution >= 4 is 71.3 Å². The third-order valence-electron chi connectivity index (χ3n) is 8.01. The van der Waals surface area contributed by atoms with Crippen LogP contribution in [0.2, 0.25) is 0 Å². The molecule has 45 heavy (non-hydrogen) atoms. The Labute approximate surface area is 284 Å². The van der Waals surface area contributed by atoms with Gasteiger partial charge in [-0.2, -0.15) is 0 Å². The summed E-state index contributed by atoms with van der Waals surface area (Å²) in [6.45, 7) is 7.06. The van der Waals surface area contributed by atoms with Crippen LogP contribution in [0.5, 0.6) is 5.75 Å². The molecule has 3 heterocycles. The third kappa shape index (κ3) is 8.24. The molecule has 11 heteroatoms. The van der Waals surface area contributed by atoms with Gasteiger partial charge in [-0.1, -0.05) is 24.3 Å². The number of ether oxygens (including phenoxy) is 1. The average Bonchev–Trinajstić information content (AvgIpc) is 3.07. The van der Waals surface area contributed by atoms with Crippen molar-refractivity contribution in [3.05, 3.63) is 90.4 Å². The fourth-order valence-corrected chi connectivity index (χ4v) is 5.66. The first-order chi connectivity index (χ1) is 20.3. The Balaban J connectivity index is 0.00000235. The number of aryl methyl sites for hydroxylation is 1. The van der Waals surface area contributed by atoms with Crippen LogP contribution < -0.4 is 19.9 Å². The van der Waals surface area contributed by atoms with Gasteiger partial charge < -0.3 is 19.9 Å². The number of nitrogens with zero attached hydrogens (tertiary/aromatic N) is 4. The summed E-state index contributed by atoms with van der Waals surface area (Å²) < 4.78 is 6.13. The van der Waals surface area contributed by atoms with E-state index in [9.17, 15) is 9.59 Å². The minimum absolute atomic E-state index is 0. The number of pyridine rings is 2. The molecule has 8 nitrogen and oxygen atoms in total. The number of carbonyl (C=O) groups is 2. The molecule has 4 aromatic rings. The van der Waals surface area contributed by atoms with Gasteiger partial charge in [0.2, 0.25) is 11.8 Å². The van der Waals surface area contributed by atoms with E-state index < -0.39 is 5.41 Å². The average molecular weight is 675 g/mol. The predicted molar refractivity (Wildman–Crippen MR) is 189 cm³/mol. The normalized spacial score (nSPS) is 14.4. The smallest absolute Gasteiger partial charge is 0.242 e. The van der Waals surface area contributed by atoms with E-state index in [1.54, 1.807) is 36.9 Å². The van der Waals surface area contributed by atoms with Gasteiger partial charge in [0.1, 0.15) is 11.2 Å². The van der Waals surface area contributed by atoms with E-state index in [0.29, 0.717) is 24.6 Å². The van der Waals surface area contributed by atoms with Gasteiger partial charge in [0.05, 0.1) is 23.5 Å². The van der Waals surface area contributed by atoms with Crippen LogP contribution in [0.1, 0.15) is 50.8 Å². The zero-order valence-electron chi connectivity index (χ0n) is 26.1. The predicted octanol–water partition coefficient (Wildman–Crippen LogP) is 6.98. The van der Waals surface area contributed by atoms with Crippen molar-refractivity contribution in [3.63, 3.8) is 0 Å². The van der Waals surface area contributed by atoms with E-state index in [4.69, 9.17) is 4.74 Å². The molecule has 0 bridgehead atoms. The second-order valence-electron chi connectivity index (χ2n) is 11.2. The van der Waals surface area contributed by atoms with Gasteiger partial charge in [-0.3, -0.25) is 19.6 Å². The minimum Gasteiger partial charge on any atom is -0.493 e. The van der Waals surface area contributed by atoms with Crippen molar-refractivity contribution in [2.45, 2.75) is 46.1 Å². The molecule has 0 spiro atoms. The van der Waals surface area contributed by atoms with Crippen molar-refractivity contribution in [1.82, 2.24) is 15.3 Å². The summed E-state index contributed by atoms with van der Waals surface area (Å²) >= 11 is 0. The summed E-state index contributed by atoms with van der Waals surface area (Å²) in [6.07, 6.45) is 8.19. The molecule has 1 N–H and O–H groups in total. The van der Waals surface area contributed by atoms with Crippen LogP contribution in [0, 0.1) is 5.41 Å². The Morgan fingerprint density at radius 3 is 2.44 bits per heavy atom. The summed E-state index contributed by atoms with van der Waals surface area (Å²) in [5, 5.41) is 4.92. The van der Waals surface area contributed by atoms with E-state index in [1.807, 2.05) is 55.7 Å². The van der Waals surface area contributed by atoms with Crippen molar-refractivity contribution < 1.29 is 14.3 Å². The molecule has 1 atom stereocenters. The lowest BCUT2D eigenvalue weighted by molar-refractivity contribution is -0.137. The van der Waals surface area contributed by atoms with Crippen LogP contribution in [0.25, 0.3) is 10.9 Å². The van der Waals surface area contributed by atoms with Crippen molar-refractivity contribution in [2.24, 2.45) is 5.41 Å². The Hall–Kier alpha value is -3.43. The number of nitrogens with one attached hydrogen (secondary N) is 1. The Morgan fingerprint density at radius 1 is 0.933 bits per heavy atom. The first-order valence-corrected chi connectivity index (χ1v) is 14.6. The summed E-state index contributed by atoms with van der Waals surface area (Å²) in [5.41, 5.74) is 3.70. The molecule has 2 aromatic heterocycles. The highest BCUT2D eigenvalue weighted by Crippen LogP contribution is 2.40. The van der Waals surface area contributed by atoms with Gasteiger partial charge >= 0.3 is 0 Å². The maximum Gasteiger partial charge on any atom is 0.242 e. The quantitative estimate of drug-likeness (QED) is 0.136. The summed E-state index contributed by atoms with van der Waals surface area (Å²) in [5.74, 6) is 0.247. The van der Waals surface area contributed by atoms with Crippen LogP contribution in [-0.4, -0.2) is 48.5 Å². The van der Waals surface area contributed by atoms with Crippen molar-refractivity contribution in [1.29, 1.82) is 0 Å². The molecule has 0 fully saturated rings. The van der Waals surface area contributed by atoms with Crippen molar-refractivity contribution in [3.8, 4) is 5.75 Å². The van der Waals surface area contributed by atoms with Gasteiger partial charge in [-0.15, -0.1) is 37.2 Å². The summed E-state index contributed by atoms with van der Waals surface area (Å²) in [4.78, 5) is 38.4. The lowest BCUT2D eigenvalue weighted by Gasteiger charge is -2.27. The number of rotatable bonds is 11. The van der Waals surface area contributed by atoms with Gasteiger partial charge in [-0.25, -0.2) is 0 Å². The molecule has 2 amide bonds. The molecule has 242 valence electrons. The first kappa shape index (κ1) is 37.8. The molecule has 0 aliphatic carbocycles. The molecule has 2 aromatic carbocycles. The number of carbonyl (C=O) groups excluding carboxylic acids is 2. The highest BCUT2D eigenvalue weighted by atomic mass is 35.5. The second kappa shape index (κ2) is 16.8. The maximum absolute atomic E-state index is 13.1. The molecule has 5 rings (SSSR count). The van der Waals surface area contributed by atoms with Gasteiger partial charge in [-0.05, 0) is 88.0 Å². The largest absolute Gasteiger partial charge is 0.493 e. The number of hydrogen-bond donors (Lipinski definition) is 1. The number of aromatic nitrogens is 2. The second-order valence-corrected chi connectivity index (χ2v) is 11.2. The summed E-state index contributed by atoms with van der Waals surface area (Å²) in [6, 6.07) is 20.3. The van der Waals surface area contributed by atoms with E-state index in [-0.39, 0.29) is 55.1 Å². The molecule has 1 aliphatic heterocycles. The van der Waals surface area contributed by atoms with E-state index >= 15 is 0 Å². The number of amides is 2. The topological polar surface area (TPSA) is 87.7 Å². The first-order valence-electron chi connectivity index (χ1n) is 14.6. The number of benzene rings is 2. The zero-order chi connectivity index (χ0) is 29.7. The molecule has 0 saturated heterocycles. The van der Waals surface area contributed by atoms with E-state index in [2.05, 4.69) is 39.6 Å². The summed E-state index contributed by atoms with van der Waals surface area (Å²) in [7, 11) is 1.72. The van der Waals surface area contributed by atoms with Crippen LogP contribution in [-0.2, 0) is 16.0 Å². The molecular weight excluding hydrogens is 633 g/mol. The van der Waals surface area contributed by atoms with Crippen LogP contribution in [0.3, 0.4) is 0 Å². The fraction of sp³-hybridized carbons (Fsp3) is 0.353. The van der Waals surface area contributed by atoms with E-state index in [1.165, 1.54) is 11.1 Å². The highest BCUT2D eigenvalue weighted by molar-refractivity contribution is 6.20. The van der Waals surface area contributed by atoms with Crippen LogP contribution in [0.4, 0.5) is 11.4 Å². The Kier molecular flexibility index (Phi) is 14.1. The SMILES string of the molecule is CCN1C(=O)C(C)(C)C(=O)N(C)c2cc(OCCCNC(CCc3cccnc3)c3cccc4ncccc34)ccc21.Cl.Cl.Cl. The zero-order valence-corrected chi connectivity index (χ0v) is 28.5. The number of fused-ring (bicyclic) bond motifs is 2. The maximum atomic E-state index is 13.1. The number of hydrogen-bond acceptors (Lipinski definition) is 6. The van der Waals surface area contributed by atoms with Gasteiger partial charge in [0, 0.05) is 49.7 Å². The van der Waals surface area contributed by atoms with E-state index in [0.717, 1.165) is 42.4 Å². The molecule has 1 unspecified atom stereocenters. The van der Waals surface area contributed by atoms with Gasteiger partial charge in [0.25, 0.3) is 0 Å². The Morgan fingerprint density at radius 2 is 1.71 bits per heavy atom.